The van der Waals surface area contributed by atoms with E-state index in [1.165, 1.54) is 64.2 Å². The second-order valence-corrected chi connectivity index (χ2v) is 15.1. The number of hydrogen-bond donors (Lipinski definition) is 3. The molecule has 0 radical (unpaired) electrons. The van der Waals surface area contributed by atoms with Crippen LogP contribution in [0, 0.1) is 0 Å². The molecule has 0 fully saturated rings. The van der Waals surface area contributed by atoms with Crippen LogP contribution in [-0.2, 0) is 32.7 Å². The number of aliphatic hydroxyl groups excluding tert-OH is 2. The van der Waals surface area contributed by atoms with E-state index in [0.29, 0.717) is 12.8 Å². The first-order valence-electron chi connectivity index (χ1n) is 20.3. The fraction of sp³-hybridized carbons (Fsp3) is 0.850. The van der Waals surface area contributed by atoms with Gasteiger partial charge in [0, 0.05) is 12.8 Å². The van der Waals surface area contributed by atoms with E-state index < -0.39 is 51.8 Å². The molecular formula is C40H75O10P. The van der Waals surface area contributed by atoms with Gasteiger partial charge in [-0.25, -0.2) is 4.57 Å². The number of rotatable bonds is 38. The fourth-order valence-electron chi connectivity index (χ4n) is 5.39. The maximum Gasteiger partial charge on any atom is 0.472 e. The van der Waals surface area contributed by atoms with E-state index in [1.54, 1.807) is 0 Å². The molecular weight excluding hydrogens is 671 g/mol. The van der Waals surface area contributed by atoms with Gasteiger partial charge in [0.15, 0.2) is 6.10 Å². The zero-order chi connectivity index (χ0) is 37.7. The van der Waals surface area contributed by atoms with Gasteiger partial charge in [0.1, 0.15) is 12.7 Å². The first-order valence-corrected chi connectivity index (χ1v) is 21.8. The number of aliphatic hydroxyl groups is 2. The van der Waals surface area contributed by atoms with Gasteiger partial charge in [0.25, 0.3) is 0 Å². The minimum Gasteiger partial charge on any atom is -0.462 e. The molecule has 0 aromatic rings. The van der Waals surface area contributed by atoms with E-state index in [9.17, 15) is 24.2 Å². The van der Waals surface area contributed by atoms with Crippen molar-refractivity contribution in [1.29, 1.82) is 0 Å². The minimum absolute atomic E-state index is 0.174. The molecule has 0 rings (SSSR count). The van der Waals surface area contributed by atoms with Crippen molar-refractivity contribution in [2.45, 2.75) is 193 Å². The predicted molar refractivity (Wildman–Crippen MR) is 205 cm³/mol. The summed E-state index contributed by atoms with van der Waals surface area (Å²) < 4.78 is 32.6. The van der Waals surface area contributed by atoms with Crippen molar-refractivity contribution in [3.63, 3.8) is 0 Å². The Bertz CT molecular complexity index is 910. The van der Waals surface area contributed by atoms with Gasteiger partial charge in [-0.05, 0) is 64.2 Å². The summed E-state index contributed by atoms with van der Waals surface area (Å²) in [5.41, 5.74) is 0. The van der Waals surface area contributed by atoms with Gasteiger partial charge < -0.3 is 24.6 Å². The number of esters is 2. The van der Waals surface area contributed by atoms with Crippen LogP contribution >= 0.6 is 7.82 Å². The molecule has 0 spiro atoms. The molecule has 0 saturated heterocycles. The summed E-state index contributed by atoms with van der Waals surface area (Å²) in [5.74, 6) is -0.943. The fourth-order valence-corrected chi connectivity index (χ4v) is 6.18. The highest BCUT2D eigenvalue weighted by atomic mass is 31.2. The summed E-state index contributed by atoms with van der Waals surface area (Å²) in [6, 6.07) is 0. The lowest BCUT2D eigenvalue weighted by Crippen LogP contribution is -2.29. The van der Waals surface area contributed by atoms with Crippen LogP contribution in [0.5, 0.6) is 0 Å². The first kappa shape index (κ1) is 49.5. The van der Waals surface area contributed by atoms with E-state index in [0.717, 1.165) is 77.0 Å². The number of unbranched alkanes of at least 4 members (excludes halogenated alkanes) is 20. The number of carbonyl (C=O) groups excluding carboxylic acids is 2. The molecule has 0 aliphatic heterocycles. The van der Waals surface area contributed by atoms with Crippen LogP contribution in [-0.4, -0.2) is 65.7 Å². The molecule has 0 aromatic carbocycles. The number of allylic oxidation sites excluding steroid dienone is 4. The summed E-state index contributed by atoms with van der Waals surface area (Å²) in [5, 5.41) is 18.3. The van der Waals surface area contributed by atoms with E-state index in [2.05, 4.69) is 42.7 Å². The Balaban J connectivity index is 4.36. The summed E-state index contributed by atoms with van der Waals surface area (Å²) in [7, 11) is -4.61. The van der Waals surface area contributed by atoms with Crippen molar-refractivity contribution in [3.05, 3.63) is 24.3 Å². The van der Waals surface area contributed by atoms with Gasteiger partial charge in [-0.2, -0.15) is 0 Å². The van der Waals surface area contributed by atoms with Crippen molar-refractivity contribution in [2.75, 3.05) is 26.4 Å². The van der Waals surface area contributed by atoms with Crippen molar-refractivity contribution >= 4 is 19.8 Å². The highest BCUT2D eigenvalue weighted by molar-refractivity contribution is 7.47. The Kier molecular flexibility index (Phi) is 35.7. The Morgan fingerprint density at radius 2 is 0.961 bits per heavy atom. The van der Waals surface area contributed by atoms with E-state index in [-0.39, 0.29) is 19.4 Å². The molecule has 0 aromatic heterocycles. The van der Waals surface area contributed by atoms with Crippen molar-refractivity contribution in [3.8, 4) is 0 Å². The Hall–Kier alpha value is -1.55. The molecule has 0 aliphatic rings. The Morgan fingerprint density at radius 3 is 1.43 bits per heavy atom. The number of phosphoric acid groups is 1. The number of hydrogen-bond acceptors (Lipinski definition) is 9. The summed E-state index contributed by atoms with van der Waals surface area (Å²) in [6.07, 6.45) is 34.3. The maximum atomic E-state index is 12.6. The molecule has 0 amide bonds. The molecule has 3 N–H and O–H groups in total. The third-order valence-corrected chi connectivity index (χ3v) is 9.53. The van der Waals surface area contributed by atoms with E-state index in [4.69, 9.17) is 19.1 Å². The lowest BCUT2D eigenvalue weighted by Gasteiger charge is -2.20. The third-order valence-electron chi connectivity index (χ3n) is 8.58. The second-order valence-electron chi connectivity index (χ2n) is 13.7. The average Bonchev–Trinajstić information content (AvgIpc) is 3.12. The number of carbonyl (C=O) groups is 2. The van der Waals surface area contributed by atoms with E-state index in [1.807, 2.05) is 0 Å². The summed E-state index contributed by atoms with van der Waals surface area (Å²) in [6.45, 7) is 2.34. The van der Waals surface area contributed by atoms with Crippen molar-refractivity contribution in [1.82, 2.24) is 0 Å². The van der Waals surface area contributed by atoms with E-state index >= 15 is 0 Å². The van der Waals surface area contributed by atoms with Crippen LogP contribution in [0.1, 0.15) is 181 Å². The number of phosphoric ester groups is 1. The average molecular weight is 747 g/mol. The monoisotopic (exact) mass is 747 g/mol. The maximum absolute atomic E-state index is 12.6. The standard InChI is InChI=1S/C40H75O10P/c1-3-5-7-9-11-13-15-17-18-20-22-24-26-28-30-32-40(44)50-38(36-49-51(45,46)48-34-37(42)33-41)35-47-39(43)31-29-27-25-23-21-19-16-14-12-10-8-6-4-2/h14,16-18,37-38,41-42H,3-13,15,19-36H2,1-2H3,(H,45,46)/b16-14+,18-17+/t37-,38+/m0/s1. The highest BCUT2D eigenvalue weighted by Crippen LogP contribution is 2.43. The minimum atomic E-state index is -4.61. The predicted octanol–water partition coefficient (Wildman–Crippen LogP) is 10.2. The Labute approximate surface area is 310 Å². The molecule has 0 saturated carbocycles. The number of ether oxygens (including phenoxy) is 2. The van der Waals surface area contributed by atoms with Gasteiger partial charge in [-0.3, -0.25) is 18.6 Å². The summed E-state index contributed by atoms with van der Waals surface area (Å²) in [4.78, 5) is 34.9. The highest BCUT2D eigenvalue weighted by Gasteiger charge is 2.27. The van der Waals surface area contributed by atoms with Gasteiger partial charge in [-0.1, -0.05) is 128 Å². The van der Waals surface area contributed by atoms with Crippen LogP contribution in [0.3, 0.4) is 0 Å². The molecule has 300 valence electrons. The quantitative estimate of drug-likeness (QED) is 0.0241. The zero-order valence-corrected chi connectivity index (χ0v) is 33.2. The lowest BCUT2D eigenvalue weighted by atomic mass is 10.1. The zero-order valence-electron chi connectivity index (χ0n) is 32.3. The molecule has 3 atom stereocenters. The second kappa shape index (κ2) is 36.8. The SMILES string of the molecule is CCCCCC/C=C/CCCCCCCC(=O)OC[C@H](COP(=O)(O)OC[C@@H](O)CO)OC(=O)CCCCCCC/C=C/CCCCCCCC. The van der Waals surface area contributed by atoms with Gasteiger partial charge in [-0.15, -0.1) is 0 Å². The molecule has 51 heavy (non-hydrogen) atoms. The molecule has 0 aliphatic carbocycles. The van der Waals surface area contributed by atoms with Crippen LogP contribution in [0.15, 0.2) is 24.3 Å². The molecule has 0 heterocycles. The Morgan fingerprint density at radius 1 is 0.569 bits per heavy atom. The molecule has 10 nitrogen and oxygen atoms in total. The normalized spacial score (nSPS) is 14.2. The van der Waals surface area contributed by atoms with Gasteiger partial charge in [0.2, 0.25) is 0 Å². The largest absolute Gasteiger partial charge is 0.472 e. The smallest absolute Gasteiger partial charge is 0.462 e. The molecule has 1 unspecified atom stereocenters. The van der Waals surface area contributed by atoms with Gasteiger partial charge in [0.05, 0.1) is 19.8 Å². The van der Waals surface area contributed by atoms with Crippen LogP contribution < -0.4 is 0 Å². The lowest BCUT2D eigenvalue weighted by molar-refractivity contribution is -0.161. The third kappa shape index (κ3) is 36.6. The topological polar surface area (TPSA) is 149 Å². The first-order chi connectivity index (χ1) is 24.7. The van der Waals surface area contributed by atoms with Crippen molar-refractivity contribution in [2.24, 2.45) is 0 Å². The molecule has 11 heteroatoms. The van der Waals surface area contributed by atoms with Gasteiger partial charge >= 0.3 is 19.8 Å². The summed E-state index contributed by atoms with van der Waals surface area (Å²) >= 11 is 0. The van der Waals surface area contributed by atoms with Crippen LogP contribution in [0.4, 0.5) is 0 Å². The van der Waals surface area contributed by atoms with Crippen molar-refractivity contribution < 1.29 is 47.8 Å². The molecule has 0 bridgehead atoms. The van der Waals surface area contributed by atoms with Crippen LogP contribution in [0.2, 0.25) is 0 Å². The van der Waals surface area contributed by atoms with Crippen LogP contribution in [0.25, 0.3) is 0 Å².